The highest BCUT2D eigenvalue weighted by Gasteiger charge is 2.39. The fourth-order valence-corrected chi connectivity index (χ4v) is 3.36. The third-order valence-corrected chi connectivity index (χ3v) is 5.24. The van der Waals surface area contributed by atoms with Gasteiger partial charge in [-0.05, 0) is 58.4 Å². The second-order valence-corrected chi connectivity index (χ2v) is 8.00. The van der Waals surface area contributed by atoms with E-state index in [1.807, 2.05) is 33.8 Å². The molecule has 3 atom stereocenters. The predicted octanol–water partition coefficient (Wildman–Crippen LogP) is 5.11. The molecule has 0 aromatic rings. The van der Waals surface area contributed by atoms with Crippen molar-refractivity contribution in [2.45, 2.75) is 84.8 Å². The number of hydrogen-bond acceptors (Lipinski definition) is 4. The molecule has 0 saturated carbocycles. The highest BCUT2D eigenvalue weighted by atomic mass is 19.1. The third kappa shape index (κ3) is 8.37. The lowest BCUT2D eigenvalue weighted by atomic mass is 9.87. The van der Waals surface area contributed by atoms with Gasteiger partial charge in [0.1, 0.15) is 24.2 Å². The van der Waals surface area contributed by atoms with Gasteiger partial charge in [-0.1, -0.05) is 24.6 Å². The zero-order valence-electron chi connectivity index (χ0n) is 17.5. The van der Waals surface area contributed by atoms with Crippen LogP contribution >= 0.6 is 0 Å². The Hall–Kier alpha value is -1.49. The van der Waals surface area contributed by atoms with Gasteiger partial charge in [0.15, 0.2) is 0 Å². The minimum Gasteiger partial charge on any atom is -0.459 e. The largest absolute Gasteiger partial charge is 0.459 e. The summed E-state index contributed by atoms with van der Waals surface area (Å²) in [5, 5.41) is 0. The number of alkyl halides is 1. The summed E-state index contributed by atoms with van der Waals surface area (Å²) in [6.45, 7) is 9.13. The summed E-state index contributed by atoms with van der Waals surface area (Å²) in [6, 6.07) is 0. The van der Waals surface area contributed by atoms with Gasteiger partial charge in [-0.3, -0.25) is 9.59 Å². The average Bonchev–Trinajstić information content (AvgIpc) is 2.73. The molecule has 0 amide bonds. The first-order valence-corrected chi connectivity index (χ1v) is 9.89. The smallest absolute Gasteiger partial charge is 0.303 e. The Morgan fingerprint density at radius 2 is 2.07 bits per heavy atom. The second kappa shape index (κ2) is 11.4. The fraction of sp³-hybridized carbons (Fsp3) is 0.727. The molecule has 154 valence electrons. The number of hydrogen-bond donors (Lipinski definition) is 0. The average molecular weight is 383 g/mol. The van der Waals surface area contributed by atoms with Gasteiger partial charge in [-0.2, -0.15) is 0 Å². The Morgan fingerprint density at radius 3 is 2.67 bits per heavy atom. The summed E-state index contributed by atoms with van der Waals surface area (Å²) in [7, 11) is 0. The van der Waals surface area contributed by atoms with E-state index >= 15 is 0 Å². The third-order valence-electron chi connectivity index (χ3n) is 5.24. The minimum absolute atomic E-state index is 0.0100. The molecule has 4 nitrogen and oxygen atoms in total. The SMILES string of the molecule is CC(=O)O[C@@H]1CCC(=CCF)CO[C@@]1(C)CCCC(C)C(=O)CC=C(C)C. The highest BCUT2D eigenvalue weighted by Crippen LogP contribution is 2.34. The predicted molar refractivity (Wildman–Crippen MR) is 105 cm³/mol. The van der Waals surface area contributed by atoms with Gasteiger partial charge in [0, 0.05) is 19.3 Å². The molecular weight excluding hydrogens is 347 g/mol. The molecule has 1 fully saturated rings. The van der Waals surface area contributed by atoms with E-state index in [0.717, 1.165) is 24.0 Å². The number of Topliss-reactive ketones (excluding diaryl/α,β-unsaturated/α-hetero) is 1. The van der Waals surface area contributed by atoms with Crippen molar-refractivity contribution in [2.24, 2.45) is 5.92 Å². The van der Waals surface area contributed by atoms with Gasteiger partial charge in [0.05, 0.1) is 6.61 Å². The molecule has 5 heteroatoms. The molecule has 0 aromatic carbocycles. The number of carbonyl (C=O) groups excluding carboxylic acids is 2. The summed E-state index contributed by atoms with van der Waals surface area (Å²) in [5.74, 6) is -0.102. The Labute approximate surface area is 163 Å². The maximum atomic E-state index is 12.6. The van der Waals surface area contributed by atoms with E-state index in [1.165, 1.54) is 6.92 Å². The van der Waals surface area contributed by atoms with Crippen LogP contribution in [0.15, 0.2) is 23.3 Å². The fourth-order valence-electron chi connectivity index (χ4n) is 3.36. The van der Waals surface area contributed by atoms with Crippen molar-refractivity contribution in [3.8, 4) is 0 Å². The van der Waals surface area contributed by atoms with Crippen LogP contribution in [-0.4, -0.2) is 36.7 Å². The Bertz CT molecular complexity index is 563. The zero-order valence-corrected chi connectivity index (χ0v) is 17.5. The maximum absolute atomic E-state index is 12.6. The molecule has 0 radical (unpaired) electrons. The monoisotopic (exact) mass is 382 g/mol. The van der Waals surface area contributed by atoms with Crippen LogP contribution in [0.5, 0.6) is 0 Å². The van der Waals surface area contributed by atoms with E-state index in [4.69, 9.17) is 9.47 Å². The van der Waals surface area contributed by atoms with Crippen molar-refractivity contribution < 1.29 is 23.5 Å². The summed E-state index contributed by atoms with van der Waals surface area (Å²) < 4.78 is 24.2. The summed E-state index contributed by atoms with van der Waals surface area (Å²) in [5.41, 5.74) is 1.43. The molecule has 1 heterocycles. The number of halogens is 1. The molecule has 1 unspecified atom stereocenters. The van der Waals surface area contributed by atoms with E-state index in [0.29, 0.717) is 32.3 Å². The van der Waals surface area contributed by atoms with Crippen LogP contribution < -0.4 is 0 Å². The van der Waals surface area contributed by atoms with Crippen molar-refractivity contribution in [2.75, 3.05) is 13.3 Å². The Kier molecular flexibility index (Phi) is 9.92. The summed E-state index contributed by atoms with van der Waals surface area (Å²) >= 11 is 0. The molecule has 0 bridgehead atoms. The van der Waals surface area contributed by atoms with Crippen LogP contribution in [0.3, 0.4) is 0 Å². The van der Waals surface area contributed by atoms with E-state index in [2.05, 4.69) is 0 Å². The standard InChI is InChI=1S/C22H35FO4/c1-16(2)8-10-20(25)17(3)7-6-13-22(5)21(27-18(4)24)11-9-19(12-14-23)15-26-22/h8,12,17,21H,6-7,9-11,13-15H2,1-5H3/t17?,21-,22+/m1/s1. The van der Waals surface area contributed by atoms with Crippen LogP contribution in [0.2, 0.25) is 0 Å². The van der Waals surface area contributed by atoms with E-state index in [9.17, 15) is 14.0 Å². The highest BCUT2D eigenvalue weighted by molar-refractivity contribution is 5.82. The number of esters is 1. The van der Waals surface area contributed by atoms with Gasteiger partial charge >= 0.3 is 5.97 Å². The summed E-state index contributed by atoms with van der Waals surface area (Å²) in [6.07, 6.45) is 7.17. The number of ketones is 1. The maximum Gasteiger partial charge on any atom is 0.303 e. The molecular formula is C22H35FO4. The number of carbonyl (C=O) groups is 2. The first-order chi connectivity index (χ1) is 12.7. The molecule has 1 aliphatic heterocycles. The van der Waals surface area contributed by atoms with Gasteiger partial charge < -0.3 is 9.47 Å². The Morgan fingerprint density at radius 1 is 1.37 bits per heavy atom. The van der Waals surface area contributed by atoms with Gasteiger partial charge in [-0.25, -0.2) is 4.39 Å². The van der Waals surface area contributed by atoms with Gasteiger partial charge in [0.2, 0.25) is 0 Å². The van der Waals surface area contributed by atoms with Crippen LogP contribution in [0.4, 0.5) is 4.39 Å². The second-order valence-electron chi connectivity index (χ2n) is 8.00. The minimum atomic E-state index is -0.625. The molecule has 0 aromatic heterocycles. The molecule has 0 spiro atoms. The van der Waals surface area contributed by atoms with Crippen molar-refractivity contribution in [3.63, 3.8) is 0 Å². The number of ether oxygens (including phenoxy) is 2. The Balaban J connectivity index is 2.68. The lowest BCUT2D eigenvalue weighted by Crippen LogP contribution is -2.43. The van der Waals surface area contributed by atoms with Crippen molar-refractivity contribution in [1.29, 1.82) is 0 Å². The molecule has 0 N–H and O–H groups in total. The first-order valence-electron chi connectivity index (χ1n) is 9.89. The van der Waals surface area contributed by atoms with Crippen LogP contribution in [0.1, 0.15) is 73.1 Å². The van der Waals surface area contributed by atoms with E-state index < -0.39 is 12.3 Å². The van der Waals surface area contributed by atoms with E-state index in [-0.39, 0.29) is 23.8 Å². The molecule has 1 rings (SSSR count). The molecule has 1 saturated heterocycles. The van der Waals surface area contributed by atoms with Crippen LogP contribution in [0, 0.1) is 5.92 Å². The quantitative estimate of drug-likeness (QED) is 0.410. The molecule has 1 aliphatic rings. The number of allylic oxidation sites excluding steroid dienone is 3. The van der Waals surface area contributed by atoms with Crippen molar-refractivity contribution >= 4 is 11.8 Å². The number of rotatable bonds is 9. The van der Waals surface area contributed by atoms with Gasteiger partial charge in [0.25, 0.3) is 0 Å². The summed E-state index contributed by atoms with van der Waals surface area (Å²) in [4.78, 5) is 23.7. The van der Waals surface area contributed by atoms with Crippen LogP contribution in [0.25, 0.3) is 0 Å². The molecule has 0 aliphatic carbocycles. The van der Waals surface area contributed by atoms with Gasteiger partial charge in [-0.15, -0.1) is 0 Å². The first kappa shape index (κ1) is 23.5. The normalized spacial score (nSPS) is 25.6. The lowest BCUT2D eigenvalue weighted by Gasteiger charge is -2.35. The lowest BCUT2D eigenvalue weighted by molar-refractivity contribution is -0.167. The molecule has 27 heavy (non-hydrogen) atoms. The van der Waals surface area contributed by atoms with E-state index in [1.54, 1.807) is 6.08 Å². The van der Waals surface area contributed by atoms with Crippen molar-refractivity contribution in [1.82, 2.24) is 0 Å². The topological polar surface area (TPSA) is 52.6 Å². The zero-order chi connectivity index (χ0) is 20.4. The van der Waals surface area contributed by atoms with Crippen LogP contribution in [-0.2, 0) is 19.1 Å². The van der Waals surface area contributed by atoms with Crippen molar-refractivity contribution in [3.05, 3.63) is 23.3 Å².